The number of hydrogen-bond acceptors (Lipinski definition) is 6. The maximum absolute atomic E-state index is 11.9. The maximum Gasteiger partial charge on any atom is 0.317 e. The van der Waals surface area contributed by atoms with Crippen LogP contribution in [0.4, 0.5) is 0 Å². The summed E-state index contributed by atoms with van der Waals surface area (Å²) in [6, 6.07) is 0. The zero-order valence-electron chi connectivity index (χ0n) is 18.7. The molecule has 0 aliphatic carbocycles. The van der Waals surface area contributed by atoms with Crippen molar-refractivity contribution in [2.75, 3.05) is 19.6 Å². The zero-order valence-corrected chi connectivity index (χ0v) is 18.7. The highest BCUT2D eigenvalue weighted by Gasteiger charge is 2.31. The summed E-state index contributed by atoms with van der Waals surface area (Å²) in [5.41, 5.74) is 0. The summed E-state index contributed by atoms with van der Waals surface area (Å²) >= 11 is 0. The molecule has 1 fully saturated rings. The number of aliphatic carboxylic acids is 5. The average Bonchev–Trinajstić information content (AvgIpc) is 2.67. The molecular weight excluding hydrogens is 438 g/mol. The zero-order chi connectivity index (χ0) is 25.0. The van der Waals surface area contributed by atoms with Crippen LogP contribution in [0.5, 0.6) is 0 Å². The van der Waals surface area contributed by atoms with Crippen LogP contribution >= 0.6 is 0 Å². The number of hydrogen-bond donors (Lipinski definition) is 5. The minimum atomic E-state index is -1.12. The third kappa shape index (κ3) is 12.2. The average molecular weight is 474 g/mol. The van der Waals surface area contributed by atoms with Crippen molar-refractivity contribution in [1.29, 1.82) is 0 Å². The predicted octanol–water partition coefficient (Wildman–Crippen LogP) is 2.09. The van der Waals surface area contributed by atoms with E-state index in [0.29, 0.717) is 45.1 Å². The van der Waals surface area contributed by atoms with E-state index < -0.39 is 41.7 Å². The minimum Gasteiger partial charge on any atom is -0.481 e. The van der Waals surface area contributed by atoms with Crippen molar-refractivity contribution in [2.24, 2.45) is 23.7 Å². The number of carboxylic acid groups (broad SMARTS) is 5. The Morgan fingerprint density at radius 3 is 1.67 bits per heavy atom. The second kappa shape index (κ2) is 14.5. The van der Waals surface area contributed by atoms with E-state index in [0.717, 1.165) is 0 Å². The van der Waals surface area contributed by atoms with Crippen LogP contribution in [0.3, 0.4) is 0 Å². The van der Waals surface area contributed by atoms with Crippen molar-refractivity contribution in [2.45, 2.75) is 64.2 Å². The first-order valence-electron chi connectivity index (χ1n) is 11.3. The predicted molar refractivity (Wildman–Crippen MR) is 115 cm³/mol. The molecule has 1 aliphatic heterocycles. The first-order chi connectivity index (χ1) is 15.5. The van der Waals surface area contributed by atoms with Crippen LogP contribution in [0, 0.1) is 23.7 Å². The van der Waals surface area contributed by atoms with Crippen LogP contribution in [0.15, 0.2) is 0 Å². The van der Waals surface area contributed by atoms with Gasteiger partial charge in [0.2, 0.25) is 0 Å². The summed E-state index contributed by atoms with van der Waals surface area (Å²) in [4.78, 5) is 58.4. The van der Waals surface area contributed by atoms with Crippen molar-refractivity contribution in [1.82, 2.24) is 4.90 Å². The molecule has 0 saturated carbocycles. The maximum atomic E-state index is 11.9. The fourth-order valence-corrected chi connectivity index (χ4v) is 4.67. The fraction of sp³-hybridized carbons (Fsp3) is 0.773. The minimum absolute atomic E-state index is 0.0570. The Kier molecular flexibility index (Phi) is 12.4. The molecule has 4 atom stereocenters. The molecule has 33 heavy (non-hydrogen) atoms. The van der Waals surface area contributed by atoms with Gasteiger partial charge in [0.1, 0.15) is 0 Å². The molecule has 1 saturated heterocycles. The van der Waals surface area contributed by atoms with Crippen LogP contribution in [0.1, 0.15) is 64.2 Å². The van der Waals surface area contributed by atoms with E-state index in [1.165, 1.54) is 0 Å². The molecule has 4 unspecified atom stereocenters. The molecule has 1 rings (SSSR count). The van der Waals surface area contributed by atoms with Gasteiger partial charge in [-0.25, -0.2) is 0 Å². The first kappa shape index (κ1) is 28.3. The lowest BCUT2D eigenvalue weighted by atomic mass is 9.79. The first-order valence-corrected chi connectivity index (χ1v) is 11.3. The molecule has 0 amide bonds. The van der Waals surface area contributed by atoms with E-state index in [4.69, 9.17) is 5.11 Å². The van der Waals surface area contributed by atoms with Crippen molar-refractivity contribution in [3.05, 3.63) is 0 Å². The molecule has 5 N–H and O–H groups in total. The van der Waals surface area contributed by atoms with Gasteiger partial charge in [-0.05, 0) is 75.8 Å². The Morgan fingerprint density at radius 2 is 1.18 bits per heavy atom. The number of nitrogens with zero attached hydrogens (tertiary/aromatic N) is 1. The highest BCUT2D eigenvalue weighted by Crippen LogP contribution is 2.32. The molecule has 11 nitrogen and oxygen atoms in total. The van der Waals surface area contributed by atoms with E-state index in [1.807, 2.05) is 0 Å². The summed E-state index contributed by atoms with van der Waals surface area (Å²) in [5, 5.41) is 46.4. The second-order valence-electron chi connectivity index (χ2n) is 8.97. The molecule has 1 heterocycles. The van der Waals surface area contributed by atoms with E-state index >= 15 is 0 Å². The highest BCUT2D eigenvalue weighted by molar-refractivity contribution is 5.72. The topological polar surface area (TPSA) is 190 Å². The standard InChI is InChI=1S/C22H35NO10/c24-18(25)6-5-17(22(32)33)16-4-3-14(11-19(26)27)1-2-15(12-20(28)29)7-9-23(10-8-16)13-21(30)31/h14-17H,1-13H2,(H,24,25)(H,26,27)(H,28,29)(H,30,31)(H,32,33). The summed E-state index contributed by atoms with van der Waals surface area (Å²) in [6.45, 7) is 0.339. The lowest BCUT2D eigenvalue weighted by molar-refractivity contribution is -0.146. The highest BCUT2D eigenvalue weighted by atomic mass is 16.4. The monoisotopic (exact) mass is 473 g/mol. The lowest BCUT2D eigenvalue weighted by Gasteiger charge is -2.31. The van der Waals surface area contributed by atoms with Crippen LogP contribution < -0.4 is 0 Å². The molecule has 0 bridgehead atoms. The van der Waals surface area contributed by atoms with Crippen LogP contribution in [0.2, 0.25) is 0 Å². The van der Waals surface area contributed by atoms with Crippen LogP contribution in [0.25, 0.3) is 0 Å². The van der Waals surface area contributed by atoms with Gasteiger partial charge in [0.15, 0.2) is 0 Å². The van der Waals surface area contributed by atoms with Crippen molar-refractivity contribution < 1.29 is 49.5 Å². The second-order valence-corrected chi connectivity index (χ2v) is 8.97. The van der Waals surface area contributed by atoms with Gasteiger partial charge < -0.3 is 25.5 Å². The van der Waals surface area contributed by atoms with E-state index in [1.54, 1.807) is 4.90 Å². The summed E-state index contributed by atoms with van der Waals surface area (Å²) < 4.78 is 0. The van der Waals surface area contributed by atoms with Gasteiger partial charge in [0.25, 0.3) is 0 Å². The van der Waals surface area contributed by atoms with Crippen molar-refractivity contribution >= 4 is 29.8 Å². The molecule has 1 aliphatic rings. The van der Waals surface area contributed by atoms with Crippen LogP contribution in [-0.2, 0) is 24.0 Å². The summed E-state index contributed by atoms with van der Waals surface area (Å²) in [5.74, 6) is -7.02. The number of carboxylic acids is 5. The molecular formula is C22H35NO10. The van der Waals surface area contributed by atoms with Gasteiger partial charge in [-0.15, -0.1) is 0 Å². The Balaban J connectivity index is 3.11. The summed E-state index contributed by atoms with van der Waals surface area (Å²) in [7, 11) is 0. The third-order valence-electron chi connectivity index (χ3n) is 6.44. The molecule has 11 heteroatoms. The molecule has 0 spiro atoms. The largest absolute Gasteiger partial charge is 0.481 e. The quantitative estimate of drug-likeness (QED) is 0.295. The normalized spacial score (nSPS) is 24.1. The van der Waals surface area contributed by atoms with E-state index in [-0.39, 0.29) is 50.6 Å². The molecule has 0 aromatic rings. The molecule has 0 aromatic heterocycles. The van der Waals surface area contributed by atoms with Crippen molar-refractivity contribution in [3.8, 4) is 0 Å². The van der Waals surface area contributed by atoms with Gasteiger partial charge in [-0.2, -0.15) is 0 Å². The third-order valence-corrected chi connectivity index (χ3v) is 6.44. The van der Waals surface area contributed by atoms with Gasteiger partial charge in [0.05, 0.1) is 12.5 Å². The Bertz CT molecular complexity index is 663. The van der Waals surface area contributed by atoms with Gasteiger partial charge >= 0.3 is 29.8 Å². The Morgan fingerprint density at radius 1 is 0.667 bits per heavy atom. The van der Waals surface area contributed by atoms with E-state index in [9.17, 15) is 44.4 Å². The smallest absolute Gasteiger partial charge is 0.317 e. The van der Waals surface area contributed by atoms with Gasteiger partial charge in [-0.1, -0.05) is 0 Å². The van der Waals surface area contributed by atoms with Gasteiger partial charge in [-0.3, -0.25) is 28.9 Å². The van der Waals surface area contributed by atoms with E-state index in [2.05, 4.69) is 0 Å². The Labute approximate surface area is 192 Å². The SMILES string of the molecule is O=C(O)CCC(C(=O)O)C1CCC(CC(=O)O)CCC(CC(=O)O)CCN(CC(=O)O)CC1. The Hall–Kier alpha value is -2.69. The summed E-state index contributed by atoms with van der Waals surface area (Å²) in [6.07, 6.45) is 1.97. The molecule has 188 valence electrons. The number of rotatable bonds is 11. The lowest BCUT2D eigenvalue weighted by Crippen LogP contribution is -2.36. The van der Waals surface area contributed by atoms with Crippen molar-refractivity contribution in [3.63, 3.8) is 0 Å². The van der Waals surface area contributed by atoms with Gasteiger partial charge in [0, 0.05) is 19.3 Å². The fourth-order valence-electron chi connectivity index (χ4n) is 4.67. The number of carbonyl (C=O) groups is 5. The van der Waals surface area contributed by atoms with Crippen LogP contribution in [-0.4, -0.2) is 79.9 Å². The molecule has 0 radical (unpaired) electrons. The molecule has 0 aromatic carbocycles.